The normalized spacial score (nSPS) is 20.9. The smallest absolute Gasteiger partial charge is 0.462 e. The topological polar surface area (TPSA) is 174 Å². The molecular weight excluding hydrogens is 693 g/mol. The van der Waals surface area contributed by atoms with Crippen molar-refractivity contribution in [3.05, 3.63) is 82.2 Å². The summed E-state index contributed by atoms with van der Waals surface area (Å²) in [6.45, 7) is 11.7. The van der Waals surface area contributed by atoms with Crippen molar-refractivity contribution in [2.45, 2.75) is 124 Å². The molecule has 0 amide bonds. The average Bonchev–Trinajstić information content (AvgIpc) is 3.10. The minimum absolute atomic E-state index is 0.0566. The Hall–Kier alpha value is -3.32. The van der Waals surface area contributed by atoms with Crippen LogP contribution in [0.25, 0.3) is 10.4 Å². The molecule has 5 atom stereocenters. The molecular formula is C37H54N3O11P. The van der Waals surface area contributed by atoms with Crippen molar-refractivity contribution < 1.29 is 51.4 Å². The molecule has 0 aromatic heterocycles. The molecule has 52 heavy (non-hydrogen) atoms. The molecule has 0 unspecified atom stereocenters. The van der Waals surface area contributed by atoms with Crippen LogP contribution in [0.2, 0.25) is 0 Å². The molecule has 0 N–H and O–H groups in total. The van der Waals surface area contributed by atoms with Crippen LogP contribution in [0.3, 0.4) is 0 Å². The van der Waals surface area contributed by atoms with Crippen LogP contribution in [0.4, 0.5) is 0 Å². The molecule has 3 rings (SSSR count). The number of azide groups is 1. The highest BCUT2D eigenvalue weighted by Gasteiger charge is 2.54. The number of carbonyl (C=O) groups excluding carboxylic acids is 2. The Morgan fingerprint density at radius 3 is 1.81 bits per heavy atom. The fourth-order valence-corrected chi connectivity index (χ4v) is 6.13. The molecule has 0 aliphatic carbocycles. The third kappa shape index (κ3) is 13.6. The fraction of sp³-hybridized carbons (Fsp3) is 0.622. The number of phosphoric acid groups is 1. The van der Waals surface area contributed by atoms with Gasteiger partial charge in [0.2, 0.25) is 6.29 Å². The molecule has 0 bridgehead atoms. The predicted molar refractivity (Wildman–Crippen MR) is 193 cm³/mol. The SMILES string of the molecule is CCCCOP(=O)(OCCCC)O[C@@H]1O[C@H](COC(=O)C(C)(C)N=[N+]=[N-])[C@@H](OCc2ccccc2)[C@H](OCc2ccccc2)[C@H]1OC(=O)C(C)(C)C. The monoisotopic (exact) mass is 747 g/mol. The maximum atomic E-state index is 14.2. The number of benzene rings is 2. The van der Waals surface area contributed by atoms with Gasteiger partial charge in [-0.1, -0.05) is 92.5 Å². The Morgan fingerprint density at radius 2 is 1.33 bits per heavy atom. The Labute approximate surface area is 307 Å². The molecule has 1 aliphatic heterocycles. The molecule has 288 valence electrons. The Balaban J connectivity index is 2.13. The number of hydrogen-bond donors (Lipinski definition) is 0. The van der Waals surface area contributed by atoms with Gasteiger partial charge in [0.05, 0.1) is 31.8 Å². The summed E-state index contributed by atoms with van der Waals surface area (Å²) in [6, 6.07) is 18.7. The largest absolute Gasteiger partial charge is 0.477 e. The van der Waals surface area contributed by atoms with Gasteiger partial charge in [-0.05, 0) is 64.1 Å². The van der Waals surface area contributed by atoms with E-state index in [0.29, 0.717) is 12.8 Å². The van der Waals surface area contributed by atoms with Crippen molar-refractivity contribution in [2.75, 3.05) is 19.8 Å². The van der Waals surface area contributed by atoms with E-state index in [-0.39, 0.29) is 26.4 Å². The van der Waals surface area contributed by atoms with Crippen molar-refractivity contribution in [1.82, 2.24) is 0 Å². The number of nitrogens with zero attached hydrogens (tertiary/aromatic N) is 3. The standard InChI is InChI=1S/C37H54N3O11P/c1-8-10-22-47-52(43,48-23-11-9-2)51-33-32(50-34(41)36(3,4)5)31(45-25-28-20-16-13-17-21-28)30(44-24-27-18-14-12-15-19-27)29(49-33)26-46-35(42)37(6,7)39-40-38/h12-21,29-33H,8-11,22-26H2,1-7H3/t29-,30-,31+,32-,33+/m1/s1. The maximum Gasteiger partial charge on any atom is 0.477 e. The molecule has 0 saturated carbocycles. The summed E-state index contributed by atoms with van der Waals surface area (Å²) >= 11 is 0. The molecule has 1 saturated heterocycles. The van der Waals surface area contributed by atoms with Crippen molar-refractivity contribution in [1.29, 1.82) is 0 Å². The second-order valence-electron chi connectivity index (χ2n) is 14.0. The summed E-state index contributed by atoms with van der Waals surface area (Å²) in [4.78, 5) is 29.4. The van der Waals surface area contributed by atoms with Crippen molar-refractivity contribution in [3.63, 3.8) is 0 Å². The van der Waals surface area contributed by atoms with Gasteiger partial charge >= 0.3 is 19.8 Å². The first kappa shape index (κ1) is 43.1. The van der Waals surface area contributed by atoms with Gasteiger partial charge in [0.1, 0.15) is 30.5 Å². The number of hydrogen-bond acceptors (Lipinski definition) is 12. The zero-order valence-electron chi connectivity index (χ0n) is 31.3. The Kier molecular flexibility index (Phi) is 17.2. The van der Waals surface area contributed by atoms with E-state index >= 15 is 0 Å². The van der Waals surface area contributed by atoms with Gasteiger partial charge in [0, 0.05) is 4.91 Å². The predicted octanol–water partition coefficient (Wildman–Crippen LogP) is 8.23. The van der Waals surface area contributed by atoms with Crippen LogP contribution in [0.5, 0.6) is 0 Å². The molecule has 2 aromatic carbocycles. The highest BCUT2D eigenvalue weighted by Crippen LogP contribution is 2.53. The lowest BCUT2D eigenvalue weighted by molar-refractivity contribution is -0.305. The summed E-state index contributed by atoms with van der Waals surface area (Å²) < 4.78 is 63.0. The van der Waals surface area contributed by atoms with Gasteiger partial charge in [-0.15, -0.1) is 0 Å². The fourth-order valence-electron chi connectivity index (χ4n) is 4.80. The summed E-state index contributed by atoms with van der Waals surface area (Å²) in [6.07, 6.45) is -3.57. The van der Waals surface area contributed by atoms with E-state index in [1.807, 2.05) is 74.5 Å². The third-order valence-electron chi connectivity index (χ3n) is 7.92. The van der Waals surface area contributed by atoms with E-state index in [0.717, 1.165) is 24.0 Å². The van der Waals surface area contributed by atoms with Gasteiger partial charge < -0.3 is 23.7 Å². The van der Waals surface area contributed by atoms with E-state index < -0.39 is 68.0 Å². The van der Waals surface area contributed by atoms with Crippen LogP contribution in [0.1, 0.15) is 85.3 Å². The number of phosphoric ester groups is 1. The van der Waals surface area contributed by atoms with Crippen LogP contribution in [-0.4, -0.2) is 68.0 Å². The van der Waals surface area contributed by atoms with Gasteiger partial charge in [-0.3, -0.25) is 23.2 Å². The summed E-state index contributed by atoms with van der Waals surface area (Å²) in [5.41, 5.74) is 8.14. The van der Waals surface area contributed by atoms with Crippen LogP contribution in [0.15, 0.2) is 65.8 Å². The van der Waals surface area contributed by atoms with Crippen molar-refractivity contribution in [3.8, 4) is 0 Å². The Morgan fingerprint density at radius 1 is 0.808 bits per heavy atom. The first-order chi connectivity index (χ1) is 24.7. The minimum atomic E-state index is -4.33. The van der Waals surface area contributed by atoms with E-state index in [1.54, 1.807) is 20.8 Å². The van der Waals surface area contributed by atoms with Gasteiger partial charge in [0.15, 0.2) is 6.10 Å². The van der Waals surface area contributed by atoms with E-state index in [9.17, 15) is 14.2 Å². The molecule has 14 nitrogen and oxygen atoms in total. The minimum Gasteiger partial charge on any atom is -0.462 e. The molecule has 15 heteroatoms. The molecule has 0 spiro atoms. The molecule has 1 fully saturated rings. The lowest BCUT2D eigenvalue weighted by atomic mass is 9.95. The first-order valence-electron chi connectivity index (χ1n) is 17.7. The second kappa shape index (κ2) is 20.8. The quantitative estimate of drug-likeness (QED) is 0.0300. The number of unbranched alkanes of at least 4 members (excludes halogenated alkanes) is 2. The van der Waals surface area contributed by atoms with Crippen molar-refractivity contribution in [2.24, 2.45) is 10.5 Å². The van der Waals surface area contributed by atoms with Crippen LogP contribution in [0, 0.1) is 5.41 Å². The number of ether oxygens (including phenoxy) is 5. The van der Waals surface area contributed by atoms with Gasteiger partial charge in [0.25, 0.3) is 0 Å². The highest BCUT2D eigenvalue weighted by molar-refractivity contribution is 7.48. The maximum absolute atomic E-state index is 14.2. The van der Waals surface area contributed by atoms with Crippen LogP contribution >= 0.6 is 7.82 Å². The third-order valence-corrected chi connectivity index (χ3v) is 9.38. The Bertz CT molecular complexity index is 1470. The summed E-state index contributed by atoms with van der Waals surface area (Å²) in [5.74, 6) is -1.44. The summed E-state index contributed by atoms with van der Waals surface area (Å²) in [5, 5.41) is 3.55. The molecule has 2 aromatic rings. The van der Waals surface area contributed by atoms with Gasteiger partial charge in [-0.2, -0.15) is 0 Å². The van der Waals surface area contributed by atoms with Crippen LogP contribution in [-0.2, 0) is 64.6 Å². The zero-order valence-corrected chi connectivity index (χ0v) is 32.2. The number of rotatable bonds is 21. The average molecular weight is 748 g/mol. The number of esters is 2. The second-order valence-corrected chi connectivity index (χ2v) is 15.6. The van der Waals surface area contributed by atoms with E-state index in [2.05, 4.69) is 10.0 Å². The summed E-state index contributed by atoms with van der Waals surface area (Å²) in [7, 11) is -4.33. The zero-order chi connectivity index (χ0) is 38.2. The van der Waals surface area contributed by atoms with Crippen LogP contribution < -0.4 is 0 Å². The highest BCUT2D eigenvalue weighted by atomic mass is 31.2. The van der Waals surface area contributed by atoms with E-state index in [1.165, 1.54) is 13.8 Å². The number of carbonyl (C=O) groups is 2. The molecule has 0 radical (unpaired) electrons. The van der Waals surface area contributed by atoms with E-state index in [4.69, 9.17) is 42.8 Å². The molecule has 1 aliphatic rings. The lowest BCUT2D eigenvalue weighted by Crippen LogP contribution is -2.62. The molecule has 1 heterocycles. The van der Waals surface area contributed by atoms with Gasteiger partial charge in [-0.25, -0.2) is 4.57 Å². The van der Waals surface area contributed by atoms with Crippen molar-refractivity contribution >= 4 is 19.8 Å². The first-order valence-corrected chi connectivity index (χ1v) is 19.2. The lowest BCUT2D eigenvalue weighted by Gasteiger charge is -2.46.